The largest absolute Gasteiger partial charge is 0.504 e. The Morgan fingerprint density at radius 1 is 1.15 bits per heavy atom. The Morgan fingerprint density at radius 3 is 2.55 bits per heavy atom. The SMILES string of the molecule is Cc1cc(NC(=O)Cc2ccc(O)c(O)c2)ccc1Br. The third-order valence-electron chi connectivity index (χ3n) is 2.85. The maximum absolute atomic E-state index is 11.9. The van der Waals surface area contributed by atoms with Crippen LogP contribution >= 0.6 is 15.9 Å². The predicted octanol–water partition coefficient (Wildman–Crippen LogP) is 3.35. The Kier molecular flexibility index (Phi) is 4.29. The van der Waals surface area contributed by atoms with Gasteiger partial charge in [0.1, 0.15) is 0 Å². The number of aryl methyl sites for hydroxylation is 1. The van der Waals surface area contributed by atoms with Gasteiger partial charge in [-0.3, -0.25) is 4.79 Å². The van der Waals surface area contributed by atoms with Crippen LogP contribution in [0.25, 0.3) is 0 Å². The molecule has 0 aliphatic carbocycles. The summed E-state index contributed by atoms with van der Waals surface area (Å²) in [6.45, 7) is 1.94. The fraction of sp³-hybridized carbons (Fsp3) is 0.133. The van der Waals surface area contributed by atoms with E-state index in [2.05, 4.69) is 21.2 Å². The summed E-state index contributed by atoms with van der Waals surface area (Å²) in [5.41, 5.74) is 2.38. The van der Waals surface area contributed by atoms with Crippen molar-refractivity contribution in [2.45, 2.75) is 13.3 Å². The lowest BCUT2D eigenvalue weighted by molar-refractivity contribution is -0.115. The number of hydrogen-bond donors (Lipinski definition) is 3. The number of hydrogen-bond acceptors (Lipinski definition) is 3. The summed E-state index contributed by atoms with van der Waals surface area (Å²) in [5.74, 6) is -0.607. The van der Waals surface area contributed by atoms with E-state index in [-0.39, 0.29) is 23.8 Å². The highest BCUT2D eigenvalue weighted by molar-refractivity contribution is 9.10. The molecule has 2 aromatic rings. The van der Waals surface area contributed by atoms with Crippen LogP contribution in [0.5, 0.6) is 11.5 Å². The maximum atomic E-state index is 11.9. The summed E-state index contributed by atoms with van der Waals surface area (Å²) < 4.78 is 0.985. The number of benzene rings is 2. The number of carbonyl (C=O) groups is 1. The van der Waals surface area contributed by atoms with Crippen LogP contribution in [0.15, 0.2) is 40.9 Å². The normalized spacial score (nSPS) is 10.3. The number of phenols is 2. The lowest BCUT2D eigenvalue weighted by atomic mass is 10.1. The number of anilines is 1. The van der Waals surface area contributed by atoms with Gasteiger partial charge in [0, 0.05) is 10.2 Å². The molecule has 5 heteroatoms. The number of amides is 1. The van der Waals surface area contributed by atoms with Crippen LogP contribution < -0.4 is 5.32 Å². The molecule has 0 atom stereocenters. The fourth-order valence-corrected chi connectivity index (χ4v) is 2.04. The molecule has 4 nitrogen and oxygen atoms in total. The van der Waals surface area contributed by atoms with Crippen molar-refractivity contribution in [1.82, 2.24) is 0 Å². The molecule has 2 aromatic carbocycles. The molecule has 0 aromatic heterocycles. The van der Waals surface area contributed by atoms with Crippen LogP contribution in [0.4, 0.5) is 5.69 Å². The Bertz CT molecular complexity index is 600. The van der Waals surface area contributed by atoms with E-state index in [1.54, 1.807) is 6.07 Å². The Labute approximate surface area is 125 Å². The van der Waals surface area contributed by atoms with Gasteiger partial charge in [-0.1, -0.05) is 22.0 Å². The van der Waals surface area contributed by atoms with E-state index < -0.39 is 0 Å². The van der Waals surface area contributed by atoms with E-state index in [9.17, 15) is 15.0 Å². The van der Waals surface area contributed by atoms with Gasteiger partial charge in [-0.2, -0.15) is 0 Å². The van der Waals surface area contributed by atoms with Crippen molar-refractivity contribution in [2.75, 3.05) is 5.32 Å². The molecule has 0 fully saturated rings. The van der Waals surface area contributed by atoms with Crippen LogP contribution in [0, 0.1) is 6.92 Å². The second kappa shape index (κ2) is 5.96. The lowest BCUT2D eigenvalue weighted by Crippen LogP contribution is -2.14. The molecule has 0 bridgehead atoms. The van der Waals surface area contributed by atoms with Crippen molar-refractivity contribution in [3.63, 3.8) is 0 Å². The molecule has 0 saturated heterocycles. The highest BCUT2D eigenvalue weighted by Crippen LogP contribution is 2.25. The minimum Gasteiger partial charge on any atom is -0.504 e. The minimum atomic E-state index is -0.227. The molecular weight excluding hydrogens is 322 g/mol. The summed E-state index contributed by atoms with van der Waals surface area (Å²) in [6.07, 6.45) is 0.128. The van der Waals surface area contributed by atoms with E-state index >= 15 is 0 Å². The van der Waals surface area contributed by atoms with Crippen LogP contribution in [0.2, 0.25) is 0 Å². The summed E-state index contributed by atoms with van der Waals surface area (Å²) >= 11 is 3.40. The van der Waals surface area contributed by atoms with Crippen LogP contribution in [0.1, 0.15) is 11.1 Å². The maximum Gasteiger partial charge on any atom is 0.228 e. The molecule has 0 radical (unpaired) electrons. The number of aromatic hydroxyl groups is 2. The Morgan fingerprint density at radius 2 is 1.90 bits per heavy atom. The van der Waals surface area contributed by atoms with Gasteiger partial charge in [-0.25, -0.2) is 0 Å². The van der Waals surface area contributed by atoms with Crippen molar-refractivity contribution in [1.29, 1.82) is 0 Å². The quantitative estimate of drug-likeness (QED) is 0.753. The molecule has 0 heterocycles. The molecule has 20 heavy (non-hydrogen) atoms. The predicted molar refractivity (Wildman–Crippen MR) is 81.0 cm³/mol. The molecule has 1 amide bonds. The average Bonchev–Trinajstić information content (AvgIpc) is 2.38. The number of phenolic OH excluding ortho intramolecular Hbond substituents is 2. The monoisotopic (exact) mass is 335 g/mol. The molecule has 0 saturated carbocycles. The Hall–Kier alpha value is -2.01. The standard InChI is InChI=1S/C15H14BrNO3/c1-9-6-11(3-4-12(9)16)17-15(20)8-10-2-5-13(18)14(19)7-10/h2-7,18-19H,8H2,1H3,(H,17,20). The molecule has 2 rings (SSSR count). The van der Waals surface area contributed by atoms with E-state index in [1.165, 1.54) is 12.1 Å². The highest BCUT2D eigenvalue weighted by atomic mass is 79.9. The second-order valence-corrected chi connectivity index (χ2v) is 5.37. The van der Waals surface area contributed by atoms with E-state index in [0.29, 0.717) is 5.56 Å². The third-order valence-corrected chi connectivity index (χ3v) is 3.74. The number of nitrogens with one attached hydrogen (secondary N) is 1. The van der Waals surface area contributed by atoms with E-state index in [4.69, 9.17) is 0 Å². The van der Waals surface area contributed by atoms with Gasteiger partial charge in [0.15, 0.2) is 11.5 Å². The highest BCUT2D eigenvalue weighted by Gasteiger charge is 2.07. The summed E-state index contributed by atoms with van der Waals surface area (Å²) in [5, 5.41) is 21.4. The lowest BCUT2D eigenvalue weighted by Gasteiger charge is -2.08. The molecular formula is C15H14BrNO3. The second-order valence-electron chi connectivity index (χ2n) is 4.51. The van der Waals surface area contributed by atoms with Gasteiger partial charge in [0.05, 0.1) is 6.42 Å². The summed E-state index contributed by atoms with van der Waals surface area (Å²) in [7, 11) is 0. The molecule has 0 unspecified atom stereocenters. The molecule has 104 valence electrons. The summed E-state index contributed by atoms with van der Waals surface area (Å²) in [6, 6.07) is 9.89. The van der Waals surface area contributed by atoms with Crippen LogP contribution in [-0.4, -0.2) is 16.1 Å². The number of halogens is 1. The van der Waals surface area contributed by atoms with Gasteiger partial charge < -0.3 is 15.5 Å². The minimum absolute atomic E-state index is 0.128. The van der Waals surface area contributed by atoms with Crippen molar-refractivity contribution in [2.24, 2.45) is 0 Å². The number of carbonyl (C=O) groups excluding carboxylic acids is 1. The molecule has 3 N–H and O–H groups in total. The van der Waals surface area contributed by atoms with Crippen molar-refractivity contribution >= 4 is 27.5 Å². The third kappa shape index (κ3) is 3.51. The van der Waals surface area contributed by atoms with Gasteiger partial charge >= 0.3 is 0 Å². The topological polar surface area (TPSA) is 69.6 Å². The molecule has 0 spiro atoms. The van der Waals surface area contributed by atoms with Gasteiger partial charge in [0.25, 0.3) is 0 Å². The fourth-order valence-electron chi connectivity index (χ4n) is 1.79. The number of rotatable bonds is 3. The molecule has 0 aliphatic heterocycles. The van der Waals surface area contributed by atoms with Gasteiger partial charge in [-0.05, 0) is 48.4 Å². The Balaban J connectivity index is 2.04. The first kappa shape index (κ1) is 14.4. The van der Waals surface area contributed by atoms with Crippen molar-refractivity contribution in [3.8, 4) is 11.5 Å². The zero-order valence-electron chi connectivity index (χ0n) is 10.9. The van der Waals surface area contributed by atoms with Crippen molar-refractivity contribution < 1.29 is 15.0 Å². The first-order valence-corrected chi connectivity index (χ1v) is 6.82. The first-order valence-electron chi connectivity index (χ1n) is 6.02. The summed E-state index contributed by atoms with van der Waals surface area (Å²) in [4.78, 5) is 11.9. The van der Waals surface area contributed by atoms with Gasteiger partial charge in [-0.15, -0.1) is 0 Å². The van der Waals surface area contributed by atoms with E-state index in [1.807, 2.05) is 25.1 Å². The van der Waals surface area contributed by atoms with E-state index in [0.717, 1.165) is 15.7 Å². The van der Waals surface area contributed by atoms with Crippen LogP contribution in [0.3, 0.4) is 0 Å². The van der Waals surface area contributed by atoms with Crippen molar-refractivity contribution in [3.05, 3.63) is 52.0 Å². The first-order chi connectivity index (χ1) is 9.45. The average molecular weight is 336 g/mol. The zero-order chi connectivity index (χ0) is 14.7. The smallest absolute Gasteiger partial charge is 0.228 e. The van der Waals surface area contributed by atoms with Crippen LogP contribution in [-0.2, 0) is 11.2 Å². The molecule has 0 aliphatic rings. The zero-order valence-corrected chi connectivity index (χ0v) is 12.4. The van der Waals surface area contributed by atoms with Gasteiger partial charge in [0.2, 0.25) is 5.91 Å².